The largest absolute Gasteiger partial charge is 0.496 e. The normalized spacial score (nSPS) is 10.3. The Morgan fingerprint density at radius 3 is 2.00 bits per heavy atom. The van der Waals surface area contributed by atoms with Crippen LogP contribution < -0.4 is 24.3 Å². The molecular formula is C19H25NO4. The second-order valence-electron chi connectivity index (χ2n) is 5.27. The van der Waals surface area contributed by atoms with Crippen molar-refractivity contribution in [2.45, 2.75) is 13.0 Å². The quantitative estimate of drug-likeness (QED) is 0.716. The van der Waals surface area contributed by atoms with Crippen LogP contribution in [0.25, 0.3) is 0 Å². The van der Waals surface area contributed by atoms with Crippen molar-refractivity contribution in [1.82, 2.24) is 5.32 Å². The molecule has 24 heavy (non-hydrogen) atoms. The summed E-state index contributed by atoms with van der Waals surface area (Å²) < 4.78 is 21.5. The Kier molecular flexibility index (Phi) is 6.75. The van der Waals surface area contributed by atoms with Gasteiger partial charge >= 0.3 is 0 Å². The predicted octanol–water partition coefficient (Wildman–Crippen LogP) is 3.05. The highest BCUT2D eigenvalue weighted by Crippen LogP contribution is 2.38. The highest BCUT2D eigenvalue weighted by Gasteiger charge is 2.12. The highest BCUT2D eigenvalue weighted by atomic mass is 16.5. The molecule has 0 saturated heterocycles. The summed E-state index contributed by atoms with van der Waals surface area (Å²) in [6.07, 6.45) is 0.853. The van der Waals surface area contributed by atoms with Crippen molar-refractivity contribution >= 4 is 0 Å². The van der Waals surface area contributed by atoms with Crippen molar-refractivity contribution in [3.05, 3.63) is 47.5 Å². The minimum absolute atomic E-state index is 0.616. The third-order valence-electron chi connectivity index (χ3n) is 3.82. The smallest absolute Gasteiger partial charge is 0.203 e. The van der Waals surface area contributed by atoms with Crippen LogP contribution in [-0.4, -0.2) is 35.0 Å². The minimum Gasteiger partial charge on any atom is -0.496 e. The van der Waals surface area contributed by atoms with Gasteiger partial charge in [-0.1, -0.05) is 18.2 Å². The van der Waals surface area contributed by atoms with Gasteiger partial charge in [0, 0.05) is 12.1 Å². The standard InChI is InChI=1S/C19H25NO4/c1-21-16-8-6-5-7-15(16)13-20-10-9-14-11-17(22-2)19(24-4)18(12-14)23-3/h5-8,11-12,20H,9-10,13H2,1-4H3. The molecule has 0 aliphatic heterocycles. The lowest BCUT2D eigenvalue weighted by atomic mass is 10.1. The van der Waals surface area contributed by atoms with Crippen LogP contribution in [0.3, 0.4) is 0 Å². The first-order valence-electron chi connectivity index (χ1n) is 7.85. The lowest BCUT2D eigenvalue weighted by Gasteiger charge is -2.14. The number of ether oxygens (including phenoxy) is 4. The molecule has 0 heterocycles. The van der Waals surface area contributed by atoms with Gasteiger partial charge in [-0.15, -0.1) is 0 Å². The molecular weight excluding hydrogens is 306 g/mol. The van der Waals surface area contributed by atoms with Gasteiger partial charge in [-0.2, -0.15) is 0 Å². The zero-order valence-electron chi connectivity index (χ0n) is 14.7. The molecule has 2 aromatic carbocycles. The van der Waals surface area contributed by atoms with Crippen LogP contribution in [0.15, 0.2) is 36.4 Å². The van der Waals surface area contributed by atoms with E-state index in [9.17, 15) is 0 Å². The van der Waals surface area contributed by atoms with Crippen molar-refractivity contribution in [1.29, 1.82) is 0 Å². The number of rotatable bonds is 9. The molecule has 0 amide bonds. The molecule has 0 spiro atoms. The molecule has 0 aliphatic rings. The lowest BCUT2D eigenvalue weighted by Crippen LogP contribution is -2.17. The lowest BCUT2D eigenvalue weighted by molar-refractivity contribution is 0.323. The molecule has 0 radical (unpaired) electrons. The molecule has 5 nitrogen and oxygen atoms in total. The second-order valence-corrected chi connectivity index (χ2v) is 5.27. The monoisotopic (exact) mass is 331 g/mol. The summed E-state index contributed by atoms with van der Waals surface area (Å²) in [5.41, 5.74) is 2.27. The third kappa shape index (κ3) is 4.32. The summed E-state index contributed by atoms with van der Waals surface area (Å²) in [7, 11) is 6.55. The molecule has 1 N–H and O–H groups in total. The third-order valence-corrected chi connectivity index (χ3v) is 3.82. The summed E-state index contributed by atoms with van der Waals surface area (Å²) in [5, 5.41) is 3.44. The van der Waals surface area contributed by atoms with Gasteiger partial charge in [0.2, 0.25) is 5.75 Å². The van der Waals surface area contributed by atoms with E-state index in [1.165, 1.54) is 0 Å². The molecule has 0 bridgehead atoms. The number of benzene rings is 2. The fourth-order valence-corrected chi connectivity index (χ4v) is 2.58. The molecule has 0 saturated carbocycles. The Bertz CT molecular complexity index is 633. The van der Waals surface area contributed by atoms with E-state index >= 15 is 0 Å². The van der Waals surface area contributed by atoms with Crippen LogP contribution in [0, 0.1) is 0 Å². The maximum absolute atomic E-state index is 5.38. The van der Waals surface area contributed by atoms with Gasteiger partial charge in [0.05, 0.1) is 28.4 Å². The second kappa shape index (κ2) is 9.03. The Morgan fingerprint density at radius 2 is 1.42 bits per heavy atom. The number of hydrogen-bond donors (Lipinski definition) is 1. The molecule has 5 heteroatoms. The van der Waals surface area contributed by atoms with E-state index < -0.39 is 0 Å². The van der Waals surface area contributed by atoms with Gasteiger partial charge in [-0.05, 0) is 36.7 Å². The zero-order valence-corrected chi connectivity index (χ0v) is 14.7. The molecule has 130 valence electrons. The van der Waals surface area contributed by atoms with E-state index in [0.717, 1.165) is 36.4 Å². The Balaban J connectivity index is 1.97. The van der Waals surface area contributed by atoms with Crippen molar-refractivity contribution in [3.8, 4) is 23.0 Å². The van der Waals surface area contributed by atoms with E-state index in [2.05, 4.69) is 11.4 Å². The summed E-state index contributed by atoms with van der Waals surface area (Å²) in [6.45, 7) is 1.59. The van der Waals surface area contributed by atoms with Crippen LogP contribution in [0.4, 0.5) is 0 Å². The van der Waals surface area contributed by atoms with E-state index in [4.69, 9.17) is 18.9 Å². The molecule has 0 aromatic heterocycles. The Hall–Kier alpha value is -2.40. The zero-order chi connectivity index (χ0) is 17.4. The number of hydrogen-bond acceptors (Lipinski definition) is 5. The average Bonchev–Trinajstić information content (AvgIpc) is 2.64. The fraction of sp³-hybridized carbons (Fsp3) is 0.368. The van der Waals surface area contributed by atoms with E-state index in [0.29, 0.717) is 17.2 Å². The first-order valence-corrected chi connectivity index (χ1v) is 7.85. The summed E-state index contributed by atoms with van der Waals surface area (Å²) >= 11 is 0. The molecule has 0 aliphatic carbocycles. The van der Waals surface area contributed by atoms with Gasteiger partial charge in [-0.3, -0.25) is 0 Å². The molecule has 0 unspecified atom stereocenters. The molecule has 2 aromatic rings. The van der Waals surface area contributed by atoms with E-state index in [1.54, 1.807) is 28.4 Å². The minimum atomic E-state index is 0.616. The molecule has 2 rings (SSSR count). The summed E-state index contributed by atoms with van der Waals surface area (Å²) in [5.74, 6) is 2.87. The van der Waals surface area contributed by atoms with E-state index in [1.807, 2.05) is 30.3 Å². The maximum atomic E-state index is 5.38. The van der Waals surface area contributed by atoms with Gasteiger partial charge in [-0.25, -0.2) is 0 Å². The predicted molar refractivity (Wildman–Crippen MR) is 94.5 cm³/mol. The summed E-state index contributed by atoms with van der Waals surface area (Å²) in [4.78, 5) is 0. The van der Waals surface area contributed by atoms with Crippen molar-refractivity contribution in [2.24, 2.45) is 0 Å². The van der Waals surface area contributed by atoms with Crippen LogP contribution in [0.1, 0.15) is 11.1 Å². The Morgan fingerprint density at radius 1 is 0.792 bits per heavy atom. The number of methoxy groups -OCH3 is 4. The highest BCUT2D eigenvalue weighted by molar-refractivity contribution is 5.53. The SMILES string of the molecule is COc1ccccc1CNCCc1cc(OC)c(OC)c(OC)c1. The van der Waals surface area contributed by atoms with Crippen molar-refractivity contribution < 1.29 is 18.9 Å². The van der Waals surface area contributed by atoms with Gasteiger partial charge in [0.1, 0.15) is 5.75 Å². The van der Waals surface area contributed by atoms with Crippen LogP contribution in [0.5, 0.6) is 23.0 Å². The maximum Gasteiger partial charge on any atom is 0.203 e. The Labute approximate surface area is 143 Å². The van der Waals surface area contributed by atoms with Gasteiger partial charge < -0.3 is 24.3 Å². The first kappa shape index (κ1) is 17.9. The number of nitrogens with one attached hydrogen (secondary N) is 1. The van der Waals surface area contributed by atoms with Crippen LogP contribution in [0.2, 0.25) is 0 Å². The van der Waals surface area contributed by atoms with Gasteiger partial charge in [0.25, 0.3) is 0 Å². The van der Waals surface area contributed by atoms with Crippen molar-refractivity contribution in [3.63, 3.8) is 0 Å². The first-order chi connectivity index (χ1) is 11.7. The molecule has 0 atom stereocenters. The molecule has 0 fully saturated rings. The van der Waals surface area contributed by atoms with Gasteiger partial charge in [0.15, 0.2) is 11.5 Å². The topological polar surface area (TPSA) is 49.0 Å². The fourth-order valence-electron chi connectivity index (χ4n) is 2.58. The number of para-hydroxylation sites is 1. The van der Waals surface area contributed by atoms with E-state index in [-0.39, 0.29) is 0 Å². The van der Waals surface area contributed by atoms with Crippen molar-refractivity contribution in [2.75, 3.05) is 35.0 Å². The summed E-state index contributed by atoms with van der Waals surface area (Å²) in [6, 6.07) is 12.0. The van der Waals surface area contributed by atoms with Crippen LogP contribution >= 0.6 is 0 Å². The average molecular weight is 331 g/mol. The van der Waals surface area contributed by atoms with Crippen LogP contribution in [-0.2, 0) is 13.0 Å².